The maximum atomic E-state index is 12.4. The van der Waals surface area contributed by atoms with E-state index in [-0.39, 0.29) is 13.1 Å². The second-order valence-electron chi connectivity index (χ2n) is 4.93. The van der Waals surface area contributed by atoms with Crippen molar-refractivity contribution in [3.8, 4) is 0 Å². The van der Waals surface area contributed by atoms with Gasteiger partial charge in [-0.1, -0.05) is 22.0 Å². The molecule has 0 atom stereocenters. The molecule has 0 unspecified atom stereocenters. The molecule has 0 radical (unpaired) electrons. The van der Waals surface area contributed by atoms with Gasteiger partial charge in [0.25, 0.3) is 6.10 Å². The van der Waals surface area contributed by atoms with Crippen molar-refractivity contribution in [3.05, 3.63) is 33.8 Å². The maximum Gasteiger partial charge on any atom is 0.434 e. The molecule has 1 heterocycles. The van der Waals surface area contributed by atoms with Gasteiger partial charge in [-0.05, 0) is 29.7 Å². The van der Waals surface area contributed by atoms with E-state index >= 15 is 0 Å². The Morgan fingerprint density at radius 2 is 1.74 bits per heavy atom. The summed E-state index contributed by atoms with van der Waals surface area (Å²) in [5.41, 5.74) is 1.51. The van der Waals surface area contributed by atoms with Gasteiger partial charge in [-0.15, -0.1) is 0 Å². The zero-order valence-electron chi connectivity index (χ0n) is 11.3. The number of benzene rings is 1. The summed E-state index contributed by atoms with van der Waals surface area (Å²) in [4.78, 5) is 12.5. The number of alkyl halides is 6. The highest BCUT2D eigenvalue weighted by molar-refractivity contribution is 9.10. The van der Waals surface area contributed by atoms with E-state index < -0.39 is 24.5 Å². The fraction of sp³-hybridized carbons (Fsp3) is 0.462. The Morgan fingerprint density at radius 3 is 2.30 bits per heavy atom. The molecular formula is C13H10BrF6NO2. The van der Waals surface area contributed by atoms with Gasteiger partial charge in [-0.25, -0.2) is 4.79 Å². The van der Waals surface area contributed by atoms with Crippen molar-refractivity contribution in [1.82, 2.24) is 4.90 Å². The number of amides is 1. The van der Waals surface area contributed by atoms with Gasteiger partial charge in [0.15, 0.2) is 0 Å². The minimum atomic E-state index is -5.72. The summed E-state index contributed by atoms with van der Waals surface area (Å²) >= 11 is 3.21. The molecule has 1 aromatic rings. The van der Waals surface area contributed by atoms with E-state index in [1.54, 1.807) is 18.2 Å². The molecule has 0 spiro atoms. The van der Waals surface area contributed by atoms with Crippen molar-refractivity contribution < 1.29 is 35.9 Å². The first-order valence-corrected chi connectivity index (χ1v) is 7.14. The summed E-state index contributed by atoms with van der Waals surface area (Å²) in [5.74, 6) is 0. The highest BCUT2D eigenvalue weighted by atomic mass is 79.9. The minimum absolute atomic E-state index is 0.0180. The first-order valence-electron chi connectivity index (χ1n) is 6.35. The summed E-state index contributed by atoms with van der Waals surface area (Å²) in [6.45, 7) is -0.133. The smallest absolute Gasteiger partial charge is 0.426 e. The molecule has 128 valence electrons. The summed E-state index contributed by atoms with van der Waals surface area (Å²) < 4.78 is 78.9. The number of nitrogens with zero attached hydrogens (tertiary/aromatic N) is 1. The van der Waals surface area contributed by atoms with Crippen LogP contribution in [0.25, 0.3) is 0 Å². The number of hydrogen-bond acceptors (Lipinski definition) is 2. The lowest BCUT2D eigenvalue weighted by Crippen LogP contribution is -2.48. The van der Waals surface area contributed by atoms with Crippen LogP contribution in [0.15, 0.2) is 22.7 Å². The van der Waals surface area contributed by atoms with E-state index in [9.17, 15) is 31.1 Å². The maximum absolute atomic E-state index is 12.4. The second kappa shape index (κ2) is 6.21. The van der Waals surface area contributed by atoms with Crippen molar-refractivity contribution in [2.75, 3.05) is 6.54 Å². The van der Waals surface area contributed by atoms with Crippen molar-refractivity contribution in [1.29, 1.82) is 0 Å². The van der Waals surface area contributed by atoms with Gasteiger partial charge in [-0.2, -0.15) is 26.3 Å². The molecule has 3 nitrogen and oxygen atoms in total. The summed E-state index contributed by atoms with van der Waals surface area (Å²) in [5, 5.41) is 0. The van der Waals surface area contributed by atoms with E-state index in [0.29, 0.717) is 16.5 Å². The summed E-state index contributed by atoms with van der Waals surface area (Å²) in [6.07, 6.45) is -16.9. The third-order valence-corrected chi connectivity index (χ3v) is 3.75. The van der Waals surface area contributed by atoms with Gasteiger partial charge in [-0.3, -0.25) is 0 Å². The quantitative estimate of drug-likeness (QED) is 0.646. The largest absolute Gasteiger partial charge is 0.434 e. The number of ether oxygens (including phenoxy) is 1. The molecule has 0 bridgehead atoms. The fourth-order valence-corrected chi connectivity index (χ4v) is 2.58. The molecule has 2 rings (SSSR count). The number of fused-ring (bicyclic) bond motifs is 1. The average Bonchev–Trinajstić information content (AvgIpc) is 2.41. The van der Waals surface area contributed by atoms with Crippen molar-refractivity contribution in [2.24, 2.45) is 0 Å². The van der Waals surface area contributed by atoms with Crippen LogP contribution in [-0.2, 0) is 17.7 Å². The molecule has 0 saturated carbocycles. The van der Waals surface area contributed by atoms with Gasteiger partial charge >= 0.3 is 18.4 Å². The highest BCUT2D eigenvalue weighted by Gasteiger charge is 2.60. The summed E-state index contributed by atoms with van der Waals surface area (Å²) in [7, 11) is 0. The Morgan fingerprint density at radius 1 is 1.13 bits per heavy atom. The van der Waals surface area contributed by atoms with E-state index in [1.165, 1.54) is 0 Å². The number of rotatable bonds is 1. The van der Waals surface area contributed by atoms with Crippen LogP contribution < -0.4 is 0 Å². The number of halogens is 7. The molecular weight excluding hydrogens is 396 g/mol. The van der Waals surface area contributed by atoms with Gasteiger partial charge < -0.3 is 9.64 Å². The van der Waals surface area contributed by atoms with Crippen molar-refractivity contribution in [3.63, 3.8) is 0 Å². The zero-order chi connectivity index (χ0) is 17.4. The monoisotopic (exact) mass is 405 g/mol. The molecule has 0 N–H and O–H groups in total. The highest BCUT2D eigenvalue weighted by Crippen LogP contribution is 2.36. The van der Waals surface area contributed by atoms with Gasteiger partial charge in [0.2, 0.25) is 0 Å². The van der Waals surface area contributed by atoms with Crippen LogP contribution in [0.1, 0.15) is 11.1 Å². The predicted octanol–water partition coefficient (Wildman–Crippen LogP) is 4.44. The van der Waals surface area contributed by atoms with E-state index in [1.807, 2.05) is 0 Å². The van der Waals surface area contributed by atoms with Crippen LogP contribution in [0, 0.1) is 0 Å². The molecule has 0 aromatic heterocycles. The van der Waals surface area contributed by atoms with E-state index in [2.05, 4.69) is 20.7 Å². The lowest BCUT2D eigenvalue weighted by Gasteiger charge is -2.31. The molecule has 1 aliphatic rings. The third kappa shape index (κ3) is 4.30. The minimum Gasteiger partial charge on any atom is -0.426 e. The van der Waals surface area contributed by atoms with Gasteiger partial charge in [0.05, 0.1) is 0 Å². The lowest BCUT2D eigenvalue weighted by atomic mass is 10.0. The average molecular weight is 406 g/mol. The van der Waals surface area contributed by atoms with Gasteiger partial charge in [0.1, 0.15) is 0 Å². The predicted molar refractivity (Wildman–Crippen MR) is 70.6 cm³/mol. The Bertz CT molecular complexity index is 587. The second-order valence-corrected chi connectivity index (χ2v) is 5.85. The van der Waals surface area contributed by atoms with Crippen LogP contribution in [-0.4, -0.2) is 36.0 Å². The Kier molecular flexibility index (Phi) is 4.84. The van der Waals surface area contributed by atoms with Crippen LogP contribution in [0.4, 0.5) is 31.1 Å². The van der Waals surface area contributed by atoms with Crippen LogP contribution in [0.2, 0.25) is 0 Å². The SMILES string of the molecule is O=C(OC(C(F)(F)F)C(F)(F)F)N1CCc2ccc(Br)cc2C1. The van der Waals surface area contributed by atoms with Crippen molar-refractivity contribution >= 4 is 22.0 Å². The number of hydrogen-bond donors (Lipinski definition) is 0. The first kappa shape index (κ1) is 17.9. The van der Waals surface area contributed by atoms with Gasteiger partial charge in [0, 0.05) is 17.6 Å². The van der Waals surface area contributed by atoms with Crippen LogP contribution in [0.3, 0.4) is 0 Å². The molecule has 1 amide bonds. The van der Waals surface area contributed by atoms with E-state index in [0.717, 1.165) is 10.5 Å². The summed E-state index contributed by atoms with van der Waals surface area (Å²) in [6, 6.07) is 5.19. The van der Waals surface area contributed by atoms with Crippen LogP contribution >= 0.6 is 15.9 Å². The van der Waals surface area contributed by atoms with Crippen molar-refractivity contribution in [2.45, 2.75) is 31.4 Å². The molecule has 1 aliphatic heterocycles. The Hall–Kier alpha value is -1.45. The number of carbonyl (C=O) groups is 1. The van der Waals surface area contributed by atoms with E-state index in [4.69, 9.17) is 0 Å². The molecule has 0 aliphatic carbocycles. The zero-order valence-corrected chi connectivity index (χ0v) is 12.9. The third-order valence-electron chi connectivity index (χ3n) is 3.25. The first-order chi connectivity index (χ1) is 10.5. The molecule has 0 saturated heterocycles. The molecule has 1 aromatic carbocycles. The lowest BCUT2D eigenvalue weighted by molar-refractivity contribution is -0.308. The Labute approximate surface area is 135 Å². The molecule has 0 fully saturated rings. The fourth-order valence-electron chi connectivity index (χ4n) is 2.18. The normalized spacial score (nSPS) is 15.6. The van der Waals surface area contributed by atoms with Crippen LogP contribution in [0.5, 0.6) is 0 Å². The molecule has 10 heteroatoms. The molecule has 23 heavy (non-hydrogen) atoms. The Balaban J connectivity index is 2.12. The number of carbonyl (C=O) groups excluding carboxylic acids is 1. The standard InChI is InChI=1S/C13H10BrF6NO2/c14-9-2-1-7-3-4-21(6-8(7)5-9)11(22)23-10(12(15,16)17)13(18,19)20/h1-2,5,10H,3-4,6H2. The topological polar surface area (TPSA) is 29.5 Å².